The van der Waals surface area contributed by atoms with Crippen LogP contribution in [0.15, 0.2) is 41.3 Å². The summed E-state index contributed by atoms with van der Waals surface area (Å²) in [6.45, 7) is 0.859. The zero-order valence-corrected chi connectivity index (χ0v) is 13.0. The zero-order chi connectivity index (χ0) is 14.7. The maximum atomic E-state index is 6.01. The average Bonchev–Trinajstić information content (AvgIpc) is 2.99. The number of benzene rings is 1. The van der Waals surface area contributed by atoms with Crippen LogP contribution in [-0.4, -0.2) is 21.5 Å². The van der Waals surface area contributed by atoms with E-state index >= 15 is 0 Å². The van der Waals surface area contributed by atoms with Gasteiger partial charge in [-0.25, -0.2) is 4.98 Å². The lowest BCUT2D eigenvalue weighted by Crippen LogP contribution is -2.05. The van der Waals surface area contributed by atoms with Crippen LogP contribution in [-0.2, 0) is 6.42 Å². The summed E-state index contributed by atoms with van der Waals surface area (Å²) < 4.78 is 0.927. The van der Waals surface area contributed by atoms with E-state index in [4.69, 9.17) is 5.73 Å². The number of nitrogens with two attached hydrogens (primary N) is 1. The summed E-state index contributed by atoms with van der Waals surface area (Å²) in [7, 11) is 0. The Balaban J connectivity index is 1.70. The lowest BCUT2D eigenvalue weighted by Gasteiger charge is -2.10. The number of nitrogen functional groups attached to an aromatic ring is 1. The second-order valence-electron chi connectivity index (χ2n) is 4.82. The second kappa shape index (κ2) is 6.13. The molecule has 108 valence electrons. The predicted octanol–water partition coefficient (Wildman–Crippen LogP) is 3.35. The molecule has 0 spiro atoms. The monoisotopic (exact) mass is 345 g/mol. The average molecular weight is 346 g/mol. The van der Waals surface area contributed by atoms with E-state index in [1.807, 2.05) is 24.4 Å². The summed E-state index contributed by atoms with van der Waals surface area (Å²) in [5.74, 6) is 1.01. The third kappa shape index (κ3) is 3.16. The third-order valence-corrected chi connectivity index (χ3v) is 3.74. The van der Waals surface area contributed by atoms with E-state index in [1.54, 1.807) is 12.4 Å². The summed E-state index contributed by atoms with van der Waals surface area (Å²) in [6.07, 6.45) is 7.33. The van der Waals surface area contributed by atoms with E-state index in [0.717, 1.165) is 52.0 Å². The van der Waals surface area contributed by atoms with Gasteiger partial charge in [0.15, 0.2) is 0 Å². The zero-order valence-electron chi connectivity index (χ0n) is 11.4. The molecule has 0 saturated carbocycles. The number of halogens is 1. The Morgan fingerprint density at radius 2 is 2.19 bits per heavy atom. The second-order valence-corrected chi connectivity index (χ2v) is 5.73. The molecule has 21 heavy (non-hydrogen) atoms. The standard InChI is InChI=1S/C15H16BrN5/c16-10-8-11-12(17)3-4-13(15(11)21-9-10)18-5-1-2-14-19-6-7-20-14/h3-4,6-9,18H,1-2,5,17H2,(H,19,20). The van der Waals surface area contributed by atoms with Gasteiger partial charge in [0.25, 0.3) is 0 Å². The van der Waals surface area contributed by atoms with Gasteiger partial charge < -0.3 is 16.0 Å². The van der Waals surface area contributed by atoms with Gasteiger partial charge in [0.2, 0.25) is 0 Å². The fraction of sp³-hybridized carbons (Fsp3) is 0.200. The van der Waals surface area contributed by atoms with Gasteiger partial charge in [0, 0.05) is 47.1 Å². The maximum Gasteiger partial charge on any atom is 0.106 e. The molecular formula is C15H16BrN5. The van der Waals surface area contributed by atoms with Crippen molar-refractivity contribution in [2.24, 2.45) is 0 Å². The van der Waals surface area contributed by atoms with E-state index in [2.05, 4.69) is 36.2 Å². The van der Waals surface area contributed by atoms with Crippen LogP contribution in [0.2, 0.25) is 0 Å². The third-order valence-electron chi connectivity index (χ3n) is 3.31. The van der Waals surface area contributed by atoms with Crippen molar-refractivity contribution in [3.8, 4) is 0 Å². The number of anilines is 2. The molecule has 3 aromatic rings. The van der Waals surface area contributed by atoms with Crippen molar-refractivity contribution < 1.29 is 0 Å². The van der Waals surface area contributed by atoms with Crippen molar-refractivity contribution in [3.63, 3.8) is 0 Å². The minimum atomic E-state index is 0.736. The van der Waals surface area contributed by atoms with Crippen molar-refractivity contribution in [2.45, 2.75) is 12.8 Å². The Kier molecular flexibility index (Phi) is 4.06. The number of pyridine rings is 1. The minimum Gasteiger partial charge on any atom is -0.398 e. The number of hydrogen-bond acceptors (Lipinski definition) is 4. The lowest BCUT2D eigenvalue weighted by molar-refractivity contribution is 0.817. The van der Waals surface area contributed by atoms with Crippen LogP contribution in [0, 0.1) is 0 Å². The number of aromatic nitrogens is 3. The van der Waals surface area contributed by atoms with Crippen molar-refractivity contribution in [1.82, 2.24) is 15.0 Å². The molecule has 2 heterocycles. The molecule has 6 heteroatoms. The highest BCUT2D eigenvalue weighted by Gasteiger charge is 2.06. The minimum absolute atomic E-state index is 0.736. The summed E-state index contributed by atoms with van der Waals surface area (Å²) >= 11 is 3.43. The number of H-pyrrole nitrogens is 1. The molecule has 0 aliphatic rings. The Bertz CT molecular complexity index is 739. The number of nitrogens with one attached hydrogen (secondary N) is 2. The summed E-state index contributed by atoms with van der Waals surface area (Å²) in [5.41, 5.74) is 8.65. The number of aryl methyl sites for hydroxylation is 1. The maximum absolute atomic E-state index is 6.01. The molecule has 3 rings (SSSR count). The number of rotatable bonds is 5. The molecule has 0 saturated heterocycles. The summed E-state index contributed by atoms with van der Waals surface area (Å²) in [5, 5.41) is 4.38. The fourth-order valence-corrected chi connectivity index (χ4v) is 2.60. The Morgan fingerprint density at radius 1 is 1.29 bits per heavy atom. The Hall–Kier alpha value is -2.08. The van der Waals surface area contributed by atoms with E-state index in [9.17, 15) is 0 Å². The molecule has 4 N–H and O–H groups in total. The molecule has 5 nitrogen and oxygen atoms in total. The first-order valence-electron chi connectivity index (χ1n) is 6.80. The molecule has 0 fully saturated rings. The number of nitrogens with zero attached hydrogens (tertiary/aromatic N) is 2. The van der Waals surface area contributed by atoms with Crippen LogP contribution >= 0.6 is 15.9 Å². The van der Waals surface area contributed by atoms with Gasteiger partial charge in [-0.3, -0.25) is 4.98 Å². The van der Waals surface area contributed by atoms with Crippen molar-refractivity contribution in [3.05, 3.63) is 47.1 Å². The van der Waals surface area contributed by atoms with Crippen LogP contribution in [0.1, 0.15) is 12.2 Å². The normalized spacial score (nSPS) is 10.9. The molecule has 0 atom stereocenters. The molecule has 1 aromatic carbocycles. The number of hydrogen-bond donors (Lipinski definition) is 3. The lowest BCUT2D eigenvalue weighted by atomic mass is 10.1. The fourth-order valence-electron chi connectivity index (χ4n) is 2.27. The Labute approximate surface area is 131 Å². The molecule has 0 amide bonds. The smallest absolute Gasteiger partial charge is 0.106 e. The van der Waals surface area contributed by atoms with Gasteiger partial charge in [-0.15, -0.1) is 0 Å². The van der Waals surface area contributed by atoms with Gasteiger partial charge >= 0.3 is 0 Å². The largest absolute Gasteiger partial charge is 0.398 e. The van der Waals surface area contributed by atoms with E-state index in [-0.39, 0.29) is 0 Å². The predicted molar refractivity (Wildman–Crippen MR) is 89.3 cm³/mol. The highest BCUT2D eigenvalue weighted by atomic mass is 79.9. The van der Waals surface area contributed by atoms with E-state index in [1.165, 1.54) is 0 Å². The molecule has 0 aliphatic heterocycles. The topological polar surface area (TPSA) is 79.6 Å². The van der Waals surface area contributed by atoms with E-state index in [0.29, 0.717) is 0 Å². The quantitative estimate of drug-likeness (QED) is 0.489. The molecule has 0 unspecified atom stereocenters. The van der Waals surface area contributed by atoms with Crippen LogP contribution in [0.5, 0.6) is 0 Å². The number of fused-ring (bicyclic) bond motifs is 1. The molecule has 2 aromatic heterocycles. The summed E-state index contributed by atoms with van der Waals surface area (Å²) in [4.78, 5) is 11.8. The van der Waals surface area contributed by atoms with Crippen molar-refractivity contribution in [2.75, 3.05) is 17.6 Å². The van der Waals surface area contributed by atoms with Crippen LogP contribution in [0.3, 0.4) is 0 Å². The van der Waals surface area contributed by atoms with Gasteiger partial charge in [-0.05, 0) is 40.5 Å². The van der Waals surface area contributed by atoms with Crippen LogP contribution in [0.25, 0.3) is 10.9 Å². The van der Waals surface area contributed by atoms with E-state index < -0.39 is 0 Å². The Morgan fingerprint density at radius 3 is 3.00 bits per heavy atom. The molecule has 0 radical (unpaired) electrons. The van der Waals surface area contributed by atoms with Gasteiger partial charge in [0.1, 0.15) is 5.82 Å². The first kappa shape index (κ1) is 13.9. The molecule has 0 aliphatic carbocycles. The highest BCUT2D eigenvalue weighted by molar-refractivity contribution is 9.10. The highest BCUT2D eigenvalue weighted by Crippen LogP contribution is 2.28. The van der Waals surface area contributed by atoms with Gasteiger partial charge in [0.05, 0.1) is 11.2 Å². The SMILES string of the molecule is Nc1ccc(NCCCc2ncc[nH]2)c2ncc(Br)cc12. The van der Waals surface area contributed by atoms with Crippen molar-refractivity contribution >= 4 is 38.2 Å². The molecule has 0 bridgehead atoms. The first-order chi connectivity index (χ1) is 10.2. The summed E-state index contributed by atoms with van der Waals surface area (Å²) in [6, 6.07) is 5.88. The van der Waals surface area contributed by atoms with Crippen molar-refractivity contribution in [1.29, 1.82) is 0 Å². The first-order valence-corrected chi connectivity index (χ1v) is 7.59. The van der Waals surface area contributed by atoms with Gasteiger partial charge in [-0.2, -0.15) is 0 Å². The molecular weight excluding hydrogens is 330 g/mol. The van der Waals surface area contributed by atoms with Crippen LogP contribution < -0.4 is 11.1 Å². The number of imidazole rings is 1. The number of aromatic amines is 1. The van der Waals surface area contributed by atoms with Gasteiger partial charge in [-0.1, -0.05) is 0 Å². The van der Waals surface area contributed by atoms with Crippen LogP contribution in [0.4, 0.5) is 11.4 Å².